The number of unbranched alkanes of at least 4 members (excludes halogenated alkanes) is 5. The molecule has 24 heavy (non-hydrogen) atoms. The van der Waals surface area contributed by atoms with E-state index < -0.39 is 0 Å². The van der Waals surface area contributed by atoms with Gasteiger partial charge in [-0.2, -0.15) is 0 Å². The summed E-state index contributed by atoms with van der Waals surface area (Å²) in [6.45, 7) is 4.11. The van der Waals surface area contributed by atoms with E-state index in [2.05, 4.69) is 12.2 Å². The molecule has 0 saturated heterocycles. The minimum absolute atomic E-state index is 0. The Morgan fingerprint density at radius 2 is 1.54 bits per heavy atom. The van der Waals surface area contributed by atoms with Gasteiger partial charge in [0.15, 0.2) is 0 Å². The van der Waals surface area contributed by atoms with Crippen LogP contribution in [0.3, 0.4) is 0 Å². The van der Waals surface area contributed by atoms with Crippen LogP contribution >= 0.6 is 36.4 Å². The summed E-state index contributed by atoms with van der Waals surface area (Å²) in [6.07, 6.45) is 7.98. The monoisotopic (exact) mass is 391 g/mol. The molecule has 0 spiro atoms. The quantitative estimate of drug-likeness (QED) is 0.445. The van der Waals surface area contributed by atoms with Crippen molar-refractivity contribution in [2.45, 2.75) is 52.0 Å². The van der Waals surface area contributed by atoms with Crippen molar-refractivity contribution in [1.82, 2.24) is 5.32 Å². The Morgan fingerprint density at radius 1 is 0.875 bits per heavy atom. The lowest BCUT2D eigenvalue weighted by molar-refractivity contribution is 0.485. The first-order valence-electron chi connectivity index (χ1n) is 8.35. The van der Waals surface area contributed by atoms with Crippen LogP contribution in [0, 0.1) is 0 Å². The number of rotatable bonds is 10. The molecule has 1 aromatic heterocycles. The van der Waals surface area contributed by atoms with E-state index >= 15 is 0 Å². The zero-order valence-corrected chi connectivity index (χ0v) is 16.6. The van der Waals surface area contributed by atoms with Gasteiger partial charge >= 0.3 is 0 Å². The van der Waals surface area contributed by atoms with Gasteiger partial charge in [0.05, 0.1) is 6.54 Å². The van der Waals surface area contributed by atoms with Gasteiger partial charge in [0.1, 0.15) is 11.5 Å². The third-order valence-corrected chi connectivity index (χ3v) is 4.05. The van der Waals surface area contributed by atoms with Crippen molar-refractivity contribution in [3.8, 4) is 11.3 Å². The molecule has 1 N–H and O–H groups in total. The van der Waals surface area contributed by atoms with Crippen molar-refractivity contribution >= 4 is 36.4 Å². The summed E-state index contributed by atoms with van der Waals surface area (Å²) in [5.41, 5.74) is 1.06. The van der Waals surface area contributed by atoms with Crippen LogP contribution in [0.5, 0.6) is 0 Å². The second-order valence-corrected chi connectivity index (χ2v) is 6.15. The molecule has 1 heterocycles. The number of nitrogens with one attached hydrogen (secondary N) is 1. The third kappa shape index (κ3) is 8.43. The topological polar surface area (TPSA) is 25.2 Å². The summed E-state index contributed by atoms with van der Waals surface area (Å²) in [6, 6.07) is 11.8. The summed E-state index contributed by atoms with van der Waals surface area (Å²) in [4.78, 5) is 0. The molecule has 0 radical (unpaired) electrons. The third-order valence-electron chi connectivity index (χ3n) is 3.80. The SMILES string of the molecule is CCCCCCCCNCc1ccc(-c2ccc(Cl)cc2)o1.Cl.Cl. The molecule has 5 heteroatoms. The maximum absolute atomic E-state index is 5.90. The Hall–Kier alpha value is -0.670. The standard InChI is InChI=1S/C19H26ClNO.2ClH/c1-2-3-4-5-6-7-14-21-15-18-12-13-19(22-18)16-8-10-17(20)11-9-16;;/h8-13,21H,2-7,14-15H2,1H3;2*1H. The lowest BCUT2D eigenvalue weighted by Gasteiger charge is -2.03. The van der Waals surface area contributed by atoms with Crippen molar-refractivity contribution < 1.29 is 4.42 Å². The maximum atomic E-state index is 5.90. The van der Waals surface area contributed by atoms with E-state index in [9.17, 15) is 0 Å². The molecule has 0 fully saturated rings. The van der Waals surface area contributed by atoms with Crippen molar-refractivity contribution in [3.63, 3.8) is 0 Å². The van der Waals surface area contributed by atoms with E-state index in [-0.39, 0.29) is 24.8 Å². The van der Waals surface area contributed by atoms with E-state index in [1.165, 1.54) is 38.5 Å². The molecule has 0 aliphatic carbocycles. The minimum Gasteiger partial charge on any atom is -0.460 e. The highest BCUT2D eigenvalue weighted by Crippen LogP contribution is 2.23. The van der Waals surface area contributed by atoms with Crippen LogP contribution in [0.1, 0.15) is 51.2 Å². The molecule has 0 aliphatic heterocycles. The molecule has 2 nitrogen and oxygen atoms in total. The number of hydrogen-bond acceptors (Lipinski definition) is 2. The van der Waals surface area contributed by atoms with Crippen molar-refractivity contribution in [2.75, 3.05) is 6.54 Å². The highest BCUT2D eigenvalue weighted by molar-refractivity contribution is 6.30. The Labute approximate surface area is 163 Å². The molecule has 2 rings (SSSR count). The Balaban J connectivity index is 0.00000264. The molecule has 0 amide bonds. The largest absolute Gasteiger partial charge is 0.460 e. The van der Waals surface area contributed by atoms with Gasteiger partial charge in [-0.1, -0.05) is 50.6 Å². The molecule has 0 unspecified atom stereocenters. The number of benzene rings is 1. The van der Waals surface area contributed by atoms with Crippen LogP contribution in [-0.4, -0.2) is 6.54 Å². The van der Waals surface area contributed by atoms with Gasteiger partial charge in [-0.25, -0.2) is 0 Å². The fourth-order valence-corrected chi connectivity index (χ4v) is 2.61. The average molecular weight is 393 g/mol. The van der Waals surface area contributed by atoms with Crippen molar-refractivity contribution in [2.24, 2.45) is 0 Å². The Kier molecular flexibility index (Phi) is 13.2. The van der Waals surface area contributed by atoms with E-state index in [1.807, 2.05) is 36.4 Å². The second-order valence-electron chi connectivity index (χ2n) is 5.72. The van der Waals surface area contributed by atoms with E-state index in [1.54, 1.807) is 0 Å². The Morgan fingerprint density at radius 3 is 2.25 bits per heavy atom. The van der Waals surface area contributed by atoms with Crippen molar-refractivity contribution in [3.05, 3.63) is 47.2 Å². The fraction of sp³-hybridized carbons (Fsp3) is 0.474. The van der Waals surface area contributed by atoms with Crippen LogP contribution < -0.4 is 5.32 Å². The number of hydrogen-bond donors (Lipinski definition) is 1. The predicted octanol–water partition coefficient (Wildman–Crippen LogP) is 6.89. The second kappa shape index (κ2) is 13.6. The van der Waals surface area contributed by atoms with E-state index in [0.29, 0.717) is 0 Å². The molecule has 2 aromatic rings. The molecule has 136 valence electrons. The normalized spacial score (nSPS) is 10.1. The lowest BCUT2D eigenvalue weighted by Crippen LogP contribution is -2.14. The van der Waals surface area contributed by atoms with Gasteiger partial charge in [-0.05, 0) is 49.4 Å². The van der Waals surface area contributed by atoms with Gasteiger partial charge in [0.2, 0.25) is 0 Å². The summed E-state index contributed by atoms with van der Waals surface area (Å²) in [7, 11) is 0. The first-order chi connectivity index (χ1) is 10.8. The van der Waals surface area contributed by atoms with Crippen LogP contribution in [0.25, 0.3) is 11.3 Å². The van der Waals surface area contributed by atoms with E-state index in [4.69, 9.17) is 16.0 Å². The lowest BCUT2D eigenvalue weighted by atomic mass is 10.1. The molecule has 0 atom stereocenters. The first kappa shape index (κ1) is 23.3. The molecular formula is C19H28Cl3NO. The number of halogens is 3. The average Bonchev–Trinajstić information content (AvgIpc) is 2.99. The highest BCUT2D eigenvalue weighted by atomic mass is 35.5. The number of furan rings is 1. The fourth-order valence-electron chi connectivity index (χ4n) is 2.48. The van der Waals surface area contributed by atoms with Gasteiger partial charge in [-0.15, -0.1) is 24.8 Å². The first-order valence-corrected chi connectivity index (χ1v) is 8.73. The molecule has 0 bridgehead atoms. The molecule has 1 aromatic carbocycles. The summed E-state index contributed by atoms with van der Waals surface area (Å²) >= 11 is 5.90. The van der Waals surface area contributed by atoms with Crippen LogP contribution in [0.2, 0.25) is 5.02 Å². The highest BCUT2D eigenvalue weighted by Gasteiger charge is 2.04. The van der Waals surface area contributed by atoms with Crippen molar-refractivity contribution in [1.29, 1.82) is 0 Å². The zero-order chi connectivity index (χ0) is 15.6. The maximum Gasteiger partial charge on any atom is 0.134 e. The van der Waals surface area contributed by atoms with Gasteiger partial charge < -0.3 is 9.73 Å². The van der Waals surface area contributed by atoms with Gasteiger partial charge in [0.25, 0.3) is 0 Å². The zero-order valence-electron chi connectivity index (χ0n) is 14.2. The van der Waals surface area contributed by atoms with E-state index in [0.717, 1.165) is 35.2 Å². The minimum atomic E-state index is 0. The predicted molar refractivity (Wildman–Crippen MR) is 109 cm³/mol. The van der Waals surface area contributed by atoms with Crippen LogP contribution in [0.4, 0.5) is 0 Å². The Bertz CT molecular complexity index is 540. The summed E-state index contributed by atoms with van der Waals surface area (Å²) < 4.78 is 5.86. The van der Waals surface area contributed by atoms with Crippen LogP contribution in [0.15, 0.2) is 40.8 Å². The molecule has 0 aliphatic rings. The van der Waals surface area contributed by atoms with Gasteiger partial charge in [0, 0.05) is 10.6 Å². The molecule has 0 saturated carbocycles. The smallest absolute Gasteiger partial charge is 0.134 e. The molecular weight excluding hydrogens is 365 g/mol. The van der Waals surface area contributed by atoms with Crippen LogP contribution in [-0.2, 0) is 6.54 Å². The van der Waals surface area contributed by atoms with Gasteiger partial charge in [-0.3, -0.25) is 0 Å². The summed E-state index contributed by atoms with van der Waals surface area (Å²) in [5.74, 6) is 1.88. The summed E-state index contributed by atoms with van der Waals surface area (Å²) in [5, 5.41) is 4.20.